The summed E-state index contributed by atoms with van der Waals surface area (Å²) in [6.07, 6.45) is -3.09. The Balaban J connectivity index is 2.07. The number of imidazole rings is 1. The molecular weight excluding hydrogens is 327 g/mol. The number of hydrogen-bond acceptors (Lipinski definition) is 2. The van der Waals surface area contributed by atoms with Gasteiger partial charge in [-0.25, -0.2) is 9.97 Å². The van der Waals surface area contributed by atoms with E-state index in [1.54, 1.807) is 36.4 Å². The summed E-state index contributed by atoms with van der Waals surface area (Å²) in [5, 5.41) is 0. The van der Waals surface area contributed by atoms with Crippen molar-refractivity contribution in [1.82, 2.24) is 14.5 Å². The Morgan fingerprint density at radius 2 is 1.44 bits per heavy atom. The standard InChI is InChI=1S/C19H12F3N3/c20-19(21,22)18-24-16-15(13-7-3-1-4-8-13)11-12-23-17(16)25(18)14-9-5-2-6-10-14/h1-12H. The highest BCUT2D eigenvalue weighted by molar-refractivity contribution is 5.91. The quantitative estimate of drug-likeness (QED) is 0.508. The molecule has 124 valence electrons. The predicted octanol–water partition coefficient (Wildman–Crippen LogP) is 5.11. The number of pyridine rings is 1. The minimum absolute atomic E-state index is 0.180. The largest absolute Gasteiger partial charge is 0.450 e. The average molecular weight is 339 g/mol. The van der Waals surface area contributed by atoms with E-state index in [1.165, 1.54) is 6.20 Å². The summed E-state index contributed by atoms with van der Waals surface area (Å²) in [5.41, 5.74) is 2.19. The van der Waals surface area contributed by atoms with Crippen LogP contribution in [-0.4, -0.2) is 14.5 Å². The van der Waals surface area contributed by atoms with E-state index in [1.807, 2.05) is 30.3 Å². The lowest BCUT2D eigenvalue weighted by atomic mass is 10.1. The van der Waals surface area contributed by atoms with Crippen LogP contribution in [0.4, 0.5) is 13.2 Å². The van der Waals surface area contributed by atoms with E-state index in [-0.39, 0.29) is 11.2 Å². The van der Waals surface area contributed by atoms with Crippen molar-refractivity contribution in [2.45, 2.75) is 6.18 Å². The molecule has 0 saturated heterocycles. The SMILES string of the molecule is FC(F)(F)c1nc2c(-c3ccccc3)ccnc2n1-c1ccccc1. The number of rotatable bonds is 2. The number of nitrogens with zero attached hydrogens (tertiary/aromatic N) is 3. The number of hydrogen-bond donors (Lipinski definition) is 0. The first kappa shape index (κ1) is 15.4. The first-order chi connectivity index (χ1) is 12.1. The van der Waals surface area contributed by atoms with E-state index in [0.717, 1.165) is 10.1 Å². The Hall–Kier alpha value is -3.15. The summed E-state index contributed by atoms with van der Waals surface area (Å²) in [5.74, 6) is -0.982. The van der Waals surface area contributed by atoms with E-state index < -0.39 is 12.0 Å². The molecule has 2 aromatic heterocycles. The van der Waals surface area contributed by atoms with E-state index in [0.29, 0.717) is 11.3 Å². The molecular formula is C19H12F3N3. The molecule has 0 amide bonds. The van der Waals surface area contributed by atoms with E-state index >= 15 is 0 Å². The maximum absolute atomic E-state index is 13.6. The van der Waals surface area contributed by atoms with Crippen molar-refractivity contribution in [3.63, 3.8) is 0 Å². The van der Waals surface area contributed by atoms with Crippen molar-refractivity contribution in [2.24, 2.45) is 0 Å². The predicted molar refractivity (Wildman–Crippen MR) is 89.3 cm³/mol. The summed E-state index contributed by atoms with van der Waals surface area (Å²) in [6, 6.07) is 19.2. The molecule has 0 unspecified atom stereocenters. The molecule has 0 spiro atoms. The fraction of sp³-hybridized carbons (Fsp3) is 0.0526. The van der Waals surface area contributed by atoms with Crippen LogP contribution < -0.4 is 0 Å². The highest BCUT2D eigenvalue weighted by Gasteiger charge is 2.38. The number of benzene rings is 2. The molecule has 6 heteroatoms. The van der Waals surface area contributed by atoms with Crippen molar-refractivity contribution < 1.29 is 13.2 Å². The number of halogens is 3. The third-order valence-electron chi connectivity index (χ3n) is 3.90. The Bertz CT molecular complexity index is 1020. The molecule has 2 heterocycles. The first-order valence-corrected chi connectivity index (χ1v) is 7.61. The molecule has 0 fully saturated rings. The summed E-state index contributed by atoms with van der Waals surface area (Å²) >= 11 is 0. The van der Waals surface area contributed by atoms with Crippen molar-refractivity contribution >= 4 is 11.2 Å². The zero-order chi connectivity index (χ0) is 17.4. The molecule has 3 nitrogen and oxygen atoms in total. The summed E-state index contributed by atoms with van der Waals surface area (Å²) < 4.78 is 41.8. The molecule has 0 aliphatic heterocycles. The van der Waals surface area contributed by atoms with Gasteiger partial charge in [-0.05, 0) is 23.8 Å². The van der Waals surface area contributed by atoms with Crippen LogP contribution in [-0.2, 0) is 6.18 Å². The molecule has 0 bridgehead atoms. The molecule has 4 aromatic rings. The molecule has 2 aromatic carbocycles. The van der Waals surface area contributed by atoms with Gasteiger partial charge in [0.2, 0.25) is 5.82 Å². The van der Waals surface area contributed by atoms with Crippen LogP contribution >= 0.6 is 0 Å². The third-order valence-corrected chi connectivity index (χ3v) is 3.90. The van der Waals surface area contributed by atoms with Gasteiger partial charge in [0.1, 0.15) is 5.52 Å². The molecule has 0 radical (unpaired) electrons. The second kappa shape index (κ2) is 5.73. The van der Waals surface area contributed by atoms with E-state index in [2.05, 4.69) is 9.97 Å². The zero-order valence-corrected chi connectivity index (χ0v) is 12.9. The maximum atomic E-state index is 13.6. The monoisotopic (exact) mass is 339 g/mol. The van der Waals surface area contributed by atoms with Crippen LogP contribution in [0.3, 0.4) is 0 Å². The van der Waals surface area contributed by atoms with Gasteiger partial charge in [-0.2, -0.15) is 13.2 Å². The molecule has 0 saturated carbocycles. The lowest BCUT2D eigenvalue weighted by Gasteiger charge is -2.10. The molecule has 0 N–H and O–H groups in total. The topological polar surface area (TPSA) is 30.7 Å². The van der Waals surface area contributed by atoms with Crippen LogP contribution in [0.1, 0.15) is 5.82 Å². The van der Waals surface area contributed by atoms with Crippen LogP contribution in [0.15, 0.2) is 72.9 Å². The van der Waals surface area contributed by atoms with Gasteiger partial charge in [-0.3, -0.25) is 4.57 Å². The van der Waals surface area contributed by atoms with Gasteiger partial charge >= 0.3 is 6.18 Å². The van der Waals surface area contributed by atoms with Crippen molar-refractivity contribution in [3.05, 3.63) is 78.8 Å². The maximum Gasteiger partial charge on any atom is 0.450 e. The number of alkyl halides is 3. The average Bonchev–Trinajstić information content (AvgIpc) is 3.03. The Morgan fingerprint density at radius 3 is 2.08 bits per heavy atom. The van der Waals surface area contributed by atoms with Gasteiger partial charge < -0.3 is 0 Å². The van der Waals surface area contributed by atoms with Crippen molar-refractivity contribution in [1.29, 1.82) is 0 Å². The smallest absolute Gasteiger partial charge is 0.273 e. The summed E-state index contributed by atoms with van der Waals surface area (Å²) in [6.45, 7) is 0. The third kappa shape index (κ3) is 2.65. The van der Waals surface area contributed by atoms with Gasteiger partial charge in [-0.1, -0.05) is 48.5 Å². The minimum Gasteiger partial charge on any atom is -0.273 e. The van der Waals surface area contributed by atoms with Gasteiger partial charge in [-0.15, -0.1) is 0 Å². The first-order valence-electron chi connectivity index (χ1n) is 7.61. The van der Waals surface area contributed by atoms with Crippen molar-refractivity contribution in [2.75, 3.05) is 0 Å². The van der Waals surface area contributed by atoms with Crippen LogP contribution in [0.5, 0.6) is 0 Å². The fourth-order valence-electron chi connectivity index (χ4n) is 2.84. The highest BCUT2D eigenvalue weighted by Crippen LogP contribution is 2.36. The second-order valence-electron chi connectivity index (χ2n) is 5.50. The van der Waals surface area contributed by atoms with Gasteiger partial charge in [0.15, 0.2) is 5.65 Å². The Morgan fingerprint density at radius 1 is 0.800 bits per heavy atom. The van der Waals surface area contributed by atoms with Gasteiger partial charge in [0, 0.05) is 17.4 Å². The van der Waals surface area contributed by atoms with Crippen LogP contribution in [0.25, 0.3) is 28.0 Å². The summed E-state index contributed by atoms with van der Waals surface area (Å²) in [4.78, 5) is 8.09. The second-order valence-corrected chi connectivity index (χ2v) is 5.50. The van der Waals surface area contributed by atoms with Gasteiger partial charge in [0.25, 0.3) is 0 Å². The number of aromatic nitrogens is 3. The normalized spacial score (nSPS) is 11.8. The molecule has 4 rings (SSSR count). The zero-order valence-electron chi connectivity index (χ0n) is 12.9. The summed E-state index contributed by atoms with van der Waals surface area (Å²) in [7, 11) is 0. The lowest BCUT2D eigenvalue weighted by Crippen LogP contribution is -2.14. The number of para-hydroxylation sites is 1. The van der Waals surface area contributed by atoms with Crippen LogP contribution in [0.2, 0.25) is 0 Å². The minimum atomic E-state index is -4.59. The molecule has 25 heavy (non-hydrogen) atoms. The van der Waals surface area contributed by atoms with E-state index in [4.69, 9.17) is 0 Å². The highest BCUT2D eigenvalue weighted by atomic mass is 19.4. The van der Waals surface area contributed by atoms with Crippen LogP contribution in [0, 0.1) is 0 Å². The Labute approximate surface area is 141 Å². The molecule has 0 aliphatic rings. The Kier molecular flexibility index (Phi) is 3.53. The van der Waals surface area contributed by atoms with Gasteiger partial charge in [0.05, 0.1) is 0 Å². The van der Waals surface area contributed by atoms with E-state index in [9.17, 15) is 13.2 Å². The molecule has 0 aliphatic carbocycles. The molecule has 0 atom stereocenters. The van der Waals surface area contributed by atoms with Crippen molar-refractivity contribution in [3.8, 4) is 16.8 Å². The lowest BCUT2D eigenvalue weighted by molar-refractivity contribution is -0.145. The fourth-order valence-corrected chi connectivity index (χ4v) is 2.84. The number of fused-ring (bicyclic) bond motifs is 1.